The molecule has 0 spiro atoms. The highest BCUT2D eigenvalue weighted by atomic mass is 32.2. The quantitative estimate of drug-likeness (QED) is 0.865. The number of hydrogen-bond donors (Lipinski definition) is 2. The van der Waals surface area contributed by atoms with Crippen LogP contribution in [-0.4, -0.2) is 32.9 Å². The molecule has 1 atom stereocenters. The summed E-state index contributed by atoms with van der Waals surface area (Å²) in [6, 6.07) is 6.01. The number of urea groups is 1. The van der Waals surface area contributed by atoms with Crippen LogP contribution in [0.4, 0.5) is 4.79 Å². The van der Waals surface area contributed by atoms with Gasteiger partial charge in [0.25, 0.3) is 0 Å². The molecule has 1 aromatic carbocycles. The lowest BCUT2D eigenvalue weighted by atomic mass is 9.85. The molecule has 2 rings (SSSR count). The summed E-state index contributed by atoms with van der Waals surface area (Å²) in [5, 5.41) is 8.02. The molecule has 0 aliphatic heterocycles. The van der Waals surface area contributed by atoms with E-state index in [-0.39, 0.29) is 17.0 Å². The summed E-state index contributed by atoms with van der Waals surface area (Å²) >= 11 is 0. The Morgan fingerprint density at radius 1 is 1.36 bits per heavy atom. The normalized spacial score (nSPS) is 16.7. The predicted molar refractivity (Wildman–Crippen MR) is 84.7 cm³/mol. The van der Waals surface area contributed by atoms with E-state index in [0.717, 1.165) is 12.1 Å². The van der Waals surface area contributed by atoms with E-state index in [2.05, 4.69) is 5.32 Å². The van der Waals surface area contributed by atoms with Crippen molar-refractivity contribution < 1.29 is 13.2 Å². The average molecular weight is 325 g/mol. The molecular formula is C15H23N3O3S. The van der Waals surface area contributed by atoms with Crippen molar-refractivity contribution in [2.45, 2.75) is 37.1 Å². The molecule has 1 fully saturated rings. The van der Waals surface area contributed by atoms with Crippen LogP contribution >= 0.6 is 0 Å². The van der Waals surface area contributed by atoms with Gasteiger partial charge in [-0.2, -0.15) is 0 Å². The maximum absolute atomic E-state index is 12.1. The third kappa shape index (κ3) is 3.98. The number of primary sulfonamides is 1. The SMILES string of the molecule is CC(c1ccc(S(N)(=O)=O)cc1)N(C)C(=O)NCC1CCC1. The monoisotopic (exact) mass is 325 g/mol. The van der Waals surface area contributed by atoms with Gasteiger partial charge in [-0.15, -0.1) is 0 Å². The third-order valence-corrected chi connectivity index (χ3v) is 5.29. The van der Waals surface area contributed by atoms with Crippen molar-refractivity contribution in [3.63, 3.8) is 0 Å². The van der Waals surface area contributed by atoms with Crippen molar-refractivity contribution in [2.75, 3.05) is 13.6 Å². The molecule has 1 saturated carbocycles. The highest BCUT2D eigenvalue weighted by Gasteiger charge is 2.21. The summed E-state index contributed by atoms with van der Waals surface area (Å²) in [6.45, 7) is 2.62. The van der Waals surface area contributed by atoms with Gasteiger partial charge in [-0.1, -0.05) is 18.6 Å². The number of carbonyl (C=O) groups excluding carboxylic acids is 1. The van der Waals surface area contributed by atoms with Gasteiger partial charge in [0, 0.05) is 13.6 Å². The smallest absolute Gasteiger partial charge is 0.317 e. The lowest BCUT2D eigenvalue weighted by Crippen LogP contribution is -2.41. The van der Waals surface area contributed by atoms with E-state index in [4.69, 9.17) is 5.14 Å². The molecule has 0 aromatic heterocycles. The molecule has 1 aliphatic carbocycles. The van der Waals surface area contributed by atoms with Gasteiger partial charge in [0.15, 0.2) is 0 Å². The van der Waals surface area contributed by atoms with Crippen LogP contribution in [0, 0.1) is 5.92 Å². The highest BCUT2D eigenvalue weighted by molar-refractivity contribution is 7.89. The zero-order valence-electron chi connectivity index (χ0n) is 13.0. The van der Waals surface area contributed by atoms with Crippen LogP contribution in [0.25, 0.3) is 0 Å². The minimum Gasteiger partial charge on any atom is -0.338 e. The largest absolute Gasteiger partial charge is 0.338 e. The van der Waals surface area contributed by atoms with Crippen molar-refractivity contribution >= 4 is 16.1 Å². The Balaban J connectivity index is 1.96. The Morgan fingerprint density at radius 3 is 2.41 bits per heavy atom. The van der Waals surface area contributed by atoms with Crippen molar-refractivity contribution in [3.05, 3.63) is 29.8 Å². The molecule has 7 heteroatoms. The van der Waals surface area contributed by atoms with E-state index >= 15 is 0 Å². The fourth-order valence-electron chi connectivity index (χ4n) is 2.39. The van der Waals surface area contributed by atoms with Gasteiger partial charge in [-0.25, -0.2) is 18.4 Å². The maximum atomic E-state index is 12.1. The summed E-state index contributed by atoms with van der Waals surface area (Å²) in [5.41, 5.74) is 0.855. The molecule has 1 unspecified atom stereocenters. The summed E-state index contributed by atoms with van der Waals surface area (Å²) in [6.07, 6.45) is 3.63. The Labute approximate surface area is 131 Å². The number of sulfonamides is 1. The first kappa shape index (κ1) is 16.8. The zero-order valence-corrected chi connectivity index (χ0v) is 13.8. The molecule has 0 heterocycles. The van der Waals surface area contributed by atoms with Gasteiger partial charge >= 0.3 is 6.03 Å². The zero-order chi connectivity index (χ0) is 16.3. The minimum absolute atomic E-state index is 0.0699. The number of rotatable bonds is 5. The predicted octanol–water partition coefficient (Wildman–Crippen LogP) is 1.84. The van der Waals surface area contributed by atoms with Gasteiger partial charge in [-0.05, 0) is 43.4 Å². The Morgan fingerprint density at radius 2 is 1.95 bits per heavy atom. The Hall–Kier alpha value is -1.60. The van der Waals surface area contributed by atoms with Crippen LogP contribution in [-0.2, 0) is 10.0 Å². The molecule has 6 nitrogen and oxygen atoms in total. The van der Waals surface area contributed by atoms with E-state index in [0.29, 0.717) is 5.92 Å². The summed E-state index contributed by atoms with van der Waals surface area (Å²) < 4.78 is 22.5. The fourth-order valence-corrected chi connectivity index (χ4v) is 2.90. The second kappa shape index (κ2) is 6.66. The average Bonchev–Trinajstić information content (AvgIpc) is 2.43. The molecular weight excluding hydrogens is 302 g/mol. The number of amides is 2. The van der Waals surface area contributed by atoms with Crippen LogP contribution in [0.1, 0.15) is 37.8 Å². The number of nitrogens with zero attached hydrogens (tertiary/aromatic N) is 1. The number of carbonyl (C=O) groups is 1. The number of nitrogens with one attached hydrogen (secondary N) is 1. The van der Waals surface area contributed by atoms with Crippen molar-refractivity contribution in [3.8, 4) is 0 Å². The van der Waals surface area contributed by atoms with E-state index in [1.807, 2.05) is 6.92 Å². The lowest BCUT2D eigenvalue weighted by Gasteiger charge is -2.29. The highest BCUT2D eigenvalue weighted by Crippen LogP contribution is 2.25. The molecule has 1 aliphatic rings. The molecule has 1 aromatic rings. The number of nitrogens with two attached hydrogens (primary N) is 1. The molecule has 22 heavy (non-hydrogen) atoms. The van der Waals surface area contributed by atoms with E-state index < -0.39 is 10.0 Å². The van der Waals surface area contributed by atoms with Gasteiger partial charge < -0.3 is 10.2 Å². The number of hydrogen-bond acceptors (Lipinski definition) is 3. The summed E-state index contributed by atoms with van der Waals surface area (Å²) in [5.74, 6) is 0.613. The van der Waals surface area contributed by atoms with E-state index in [1.165, 1.54) is 31.4 Å². The van der Waals surface area contributed by atoms with Crippen LogP contribution in [0.3, 0.4) is 0 Å². The number of benzene rings is 1. The summed E-state index contributed by atoms with van der Waals surface area (Å²) in [4.78, 5) is 13.8. The molecule has 0 radical (unpaired) electrons. The van der Waals surface area contributed by atoms with E-state index in [1.54, 1.807) is 24.1 Å². The van der Waals surface area contributed by atoms with Crippen LogP contribution in [0.15, 0.2) is 29.2 Å². The standard InChI is InChI=1S/C15H23N3O3S/c1-11(13-6-8-14(9-7-13)22(16,20)21)18(2)15(19)17-10-12-4-3-5-12/h6-9,11-12H,3-5,10H2,1-2H3,(H,17,19)(H2,16,20,21). The third-order valence-electron chi connectivity index (χ3n) is 4.36. The first-order valence-electron chi connectivity index (χ1n) is 7.42. The van der Waals surface area contributed by atoms with Crippen LogP contribution < -0.4 is 10.5 Å². The second-order valence-corrected chi connectivity index (χ2v) is 7.45. The maximum Gasteiger partial charge on any atom is 0.317 e. The topological polar surface area (TPSA) is 92.5 Å². The van der Waals surface area contributed by atoms with Crippen LogP contribution in [0.2, 0.25) is 0 Å². The van der Waals surface area contributed by atoms with Gasteiger partial charge in [0.05, 0.1) is 10.9 Å². The molecule has 3 N–H and O–H groups in total. The minimum atomic E-state index is -3.69. The van der Waals surface area contributed by atoms with Crippen molar-refractivity contribution in [1.29, 1.82) is 0 Å². The fraction of sp³-hybridized carbons (Fsp3) is 0.533. The second-order valence-electron chi connectivity index (χ2n) is 5.88. The lowest BCUT2D eigenvalue weighted by molar-refractivity contribution is 0.188. The van der Waals surface area contributed by atoms with Gasteiger partial charge in [0.2, 0.25) is 10.0 Å². The molecule has 2 amide bonds. The van der Waals surface area contributed by atoms with Gasteiger partial charge in [0.1, 0.15) is 0 Å². The molecule has 0 bridgehead atoms. The first-order valence-corrected chi connectivity index (χ1v) is 8.97. The molecule has 122 valence electrons. The Bertz CT molecular complexity index is 624. The molecule has 0 saturated heterocycles. The Kier molecular flexibility index (Phi) is 5.08. The van der Waals surface area contributed by atoms with Crippen molar-refractivity contribution in [1.82, 2.24) is 10.2 Å². The first-order chi connectivity index (χ1) is 10.3. The van der Waals surface area contributed by atoms with Gasteiger partial charge in [-0.3, -0.25) is 0 Å². The van der Waals surface area contributed by atoms with Crippen molar-refractivity contribution in [2.24, 2.45) is 11.1 Å². The summed E-state index contributed by atoms with van der Waals surface area (Å²) in [7, 11) is -1.96. The van der Waals surface area contributed by atoms with E-state index in [9.17, 15) is 13.2 Å². The van der Waals surface area contributed by atoms with Crippen LogP contribution in [0.5, 0.6) is 0 Å².